The number of allylic oxidation sites excluding steroid dienone is 3. The number of carbonyl (C=O) groups excluding carboxylic acids is 4. The Balaban J connectivity index is -0.0000000380. The molecular weight excluding hydrogens is 371 g/mol. The van der Waals surface area contributed by atoms with Crippen molar-refractivity contribution in [2.45, 2.75) is 13.8 Å². The SMILES string of the molecule is C/C=C/CBr.C/C=C/CN=[N+]=[N-].O=C=O.O=C=O.[N-]=[N+]=[N-].[Na+]. The van der Waals surface area contributed by atoms with Crippen LogP contribution in [0.4, 0.5) is 0 Å². The van der Waals surface area contributed by atoms with Gasteiger partial charge in [-0.05, 0) is 19.4 Å². The Morgan fingerprint density at radius 3 is 1.45 bits per heavy atom. The molecule has 0 rings (SSSR count). The fraction of sp³-hybridized carbons (Fsp3) is 0.400. The molecule has 12 heteroatoms. The van der Waals surface area contributed by atoms with Gasteiger partial charge in [0, 0.05) is 16.8 Å². The summed E-state index contributed by atoms with van der Waals surface area (Å²) in [5.41, 5.74) is 21.2. The Kier molecular flexibility index (Phi) is 125. The maximum atomic E-state index is 8.12. The summed E-state index contributed by atoms with van der Waals surface area (Å²) in [7, 11) is 0. The molecule has 0 saturated heterocycles. The van der Waals surface area contributed by atoms with Crippen molar-refractivity contribution in [1.29, 1.82) is 0 Å². The van der Waals surface area contributed by atoms with Gasteiger partial charge < -0.3 is 11.1 Å². The van der Waals surface area contributed by atoms with E-state index in [2.05, 4.69) is 26.0 Å². The summed E-state index contributed by atoms with van der Waals surface area (Å²) in [6, 6.07) is 0. The first-order valence-electron chi connectivity index (χ1n) is 4.84. The summed E-state index contributed by atoms with van der Waals surface area (Å²) in [6.45, 7) is 4.35. The normalized spacial score (nSPS) is 6.14. The number of azide groups is 1. The average Bonchev–Trinajstić information content (AvgIpc) is 2.44. The summed E-state index contributed by atoms with van der Waals surface area (Å²) in [4.78, 5) is 36.5. The minimum absolute atomic E-state index is 0. The second kappa shape index (κ2) is 74.6. The molecule has 0 aliphatic rings. The fourth-order valence-corrected chi connectivity index (χ4v) is 0.652. The van der Waals surface area contributed by atoms with E-state index < -0.39 is 0 Å². The van der Waals surface area contributed by atoms with Gasteiger partial charge in [-0.25, -0.2) is 0 Å². The van der Waals surface area contributed by atoms with Gasteiger partial charge in [0.15, 0.2) is 0 Å². The van der Waals surface area contributed by atoms with E-state index in [0.29, 0.717) is 6.54 Å². The monoisotopic (exact) mass is 384 g/mol. The third-order valence-corrected chi connectivity index (χ3v) is 1.18. The van der Waals surface area contributed by atoms with E-state index in [1.54, 1.807) is 6.08 Å². The van der Waals surface area contributed by atoms with Gasteiger partial charge >= 0.3 is 41.9 Å². The molecule has 0 heterocycles. The van der Waals surface area contributed by atoms with Crippen LogP contribution in [0.2, 0.25) is 0 Å². The van der Waals surface area contributed by atoms with E-state index in [0.717, 1.165) is 5.33 Å². The smallest absolute Gasteiger partial charge is 0.373 e. The van der Waals surface area contributed by atoms with Crippen molar-refractivity contribution < 1.29 is 48.7 Å². The minimum atomic E-state index is 0. The molecule has 0 bridgehead atoms. The van der Waals surface area contributed by atoms with Crippen LogP contribution < -0.4 is 29.6 Å². The maximum Gasteiger partial charge on any atom is 1.00 e. The summed E-state index contributed by atoms with van der Waals surface area (Å²) in [6.07, 6.45) is 8.18. The fourth-order valence-electron chi connectivity index (χ4n) is 0.278. The number of nitrogens with zero attached hydrogens (tertiary/aromatic N) is 6. The molecule has 0 aromatic heterocycles. The predicted octanol–water partition coefficient (Wildman–Crippen LogP) is 0.533. The molecule has 0 unspecified atom stereocenters. The molecule has 0 atom stereocenters. The van der Waals surface area contributed by atoms with E-state index in [-0.39, 0.29) is 41.9 Å². The quantitative estimate of drug-likeness (QED) is 0.172. The zero-order valence-electron chi connectivity index (χ0n) is 12.4. The molecule has 0 radical (unpaired) electrons. The average molecular weight is 385 g/mol. The minimum Gasteiger partial charge on any atom is -0.373 e. The Morgan fingerprint density at radius 2 is 1.32 bits per heavy atom. The van der Waals surface area contributed by atoms with Gasteiger partial charge in [-0.3, -0.25) is 4.91 Å². The van der Waals surface area contributed by atoms with E-state index in [4.69, 9.17) is 35.8 Å². The van der Waals surface area contributed by atoms with Gasteiger partial charge in [-0.2, -0.15) is 19.2 Å². The molecule has 0 aromatic rings. The van der Waals surface area contributed by atoms with Gasteiger partial charge in [0.25, 0.3) is 0 Å². The van der Waals surface area contributed by atoms with Gasteiger partial charge in [-0.15, -0.1) is 0 Å². The van der Waals surface area contributed by atoms with Crippen LogP contribution in [-0.2, 0) is 19.2 Å². The van der Waals surface area contributed by atoms with Crippen molar-refractivity contribution in [3.05, 3.63) is 50.7 Å². The van der Waals surface area contributed by atoms with Crippen LogP contribution in [0.1, 0.15) is 13.8 Å². The van der Waals surface area contributed by atoms with Crippen molar-refractivity contribution in [3.8, 4) is 0 Å². The van der Waals surface area contributed by atoms with Gasteiger partial charge in [0.1, 0.15) is 0 Å². The molecule has 0 aromatic carbocycles. The van der Waals surface area contributed by atoms with Crippen LogP contribution in [0.5, 0.6) is 0 Å². The van der Waals surface area contributed by atoms with Crippen molar-refractivity contribution >= 4 is 28.2 Å². The molecule has 0 N–H and O–H groups in total. The molecule has 0 amide bonds. The maximum absolute atomic E-state index is 8.12. The molecule has 22 heavy (non-hydrogen) atoms. The molecule has 0 fully saturated rings. The van der Waals surface area contributed by atoms with Crippen LogP contribution in [0.3, 0.4) is 0 Å². The molecule has 0 saturated carbocycles. The number of hydrogen-bond acceptors (Lipinski definition) is 5. The molecule has 0 aliphatic heterocycles. The molecule has 10 nitrogen and oxygen atoms in total. The molecule has 116 valence electrons. The van der Waals surface area contributed by atoms with Crippen molar-refractivity contribution in [3.63, 3.8) is 0 Å². The third-order valence-electron chi connectivity index (χ3n) is 0.811. The second-order valence-electron chi connectivity index (χ2n) is 1.96. The number of hydrogen-bond donors (Lipinski definition) is 0. The van der Waals surface area contributed by atoms with Crippen LogP contribution in [-0.4, -0.2) is 24.2 Å². The molecule has 0 aliphatic carbocycles. The first kappa shape index (κ1) is 37.0. The summed E-state index contributed by atoms with van der Waals surface area (Å²) >= 11 is 3.22. The van der Waals surface area contributed by atoms with Crippen LogP contribution in [0.25, 0.3) is 26.4 Å². The Labute approximate surface area is 158 Å². The Bertz CT molecular complexity index is 364. The van der Waals surface area contributed by atoms with E-state index in [1.165, 1.54) is 4.91 Å². The van der Waals surface area contributed by atoms with Crippen LogP contribution >= 0.6 is 15.9 Å². The van der Waals surface area contributed by atoms with Gasteiger partial charge in [0.2, 0.25) is 0 Å². The Morgan fingerprint density at radius 1 is 1.00 bits per heavy atom. The topological polar surface area (TPSA) is 176 Å². The standard InChI is InChI=1S/C4H7Br.C4H7N3.2CO2.N3.Na/c1-2-3-4-5;1-2-3-4-6-7-5;2*2-1-3;1-3-2;/h2-3H,4H2,1H3;2-3H,4H2,1H3;;;;/q;;;;-1;+1/b2*3-2+;;;;. The van der Waals surface area contributed by atoms with Crippen LogP contribution in [0, 0.1) is 0 Å². The summed E-state index contributed by atoms with van der Waals surface area (Å²) < 4.78 is 0. The largest absolute Gasteiger partial charge is 1.00 e. The van der Waals surface area contributed by atoms with E-state index >= 15 is 0 Å². The summed E-state index contributed by atoms with van der Waals surface area (Å²) in [5, 5.41) is 4.23. The number of rotatable bonds is 3. The zero-order chi connectivity index (χ0) is 17.8. The molecule has 0 spiro atoms. The third kappa shape index (κ3) is 293. The van der Waals surface area contributed by atoms with Gasteiger partial charge in [-0.1, -0.05) is 45.3 Å². The predicted molar refractivity (Wildman–Crippen MR) is 77.5 cm³/mol. The first-order chi connectivity index (χ1) is 10.1. The molecular formula is C10H14BrN6NaO4. The van der Waals surface area contributed by atoms with Crippen molar-refractivity contribution in [1.82, 2.24) is 0 Å². The second-order valence-corrected chi connectivity index (χ2v) is 2.61. The van der Waals surface area contributed by atoms with E-state index in [1.807, 2.05) is 32.1 Å². The number of halogens is 1. The van der Waals surface area contributed by atoms with Crippen LogP contribution in [0.15, 0.2) is 29.4 Å². The van der Waals surface area contributed by atoms with E-state index in [9.17, 15) is 0 Å². The summed E-state index contributed by atoms with van der Waals surface area (Å²) in [5.74, 6) is 0. The Hall–Kier alpha value is -1.66. The van der Waals surface area contributed by atoms with Crippen molar-refractivity contribution in [2.24, 2.45) is 5.11 Å². The zero-order valence-corrected chi connectivity index (χ0v) is 16.0. The number of alkyl halides is 1. The van der Waals surface area contributed by atoms with Crippen molar-refractivity contribution in [2.75, 3.05) is 11.9 Å². The first-order valence-corrected chi connectivity index (χ1v) is 5.96. The van der Waals surface area contributed by atoms with Gasteiger partial charge in [0.05, 0.1) is 0 Å².